The van der Waals surface area contributed by atoms with Crippen LogP contribution in [0.15, 0.2) is 41.2 Å². The molecule has 0 saturated carbocycles. The van der Waals surface area contributed by atoms with Crippen LogP contribution < -0.4 is 15.6 Å². The van der Waals surface area contributed by atoms with Gasteiger partial charge in [0, 0.05) is 24.0 Å². The summed E-state index contributed by atoms with van der Waals surface area (Å²) in [7, 11) is 0. The van der Waals surface area contributed by atoms with Crippen LogP contribution in [0.3, 0.4) is 0 Å². The molecule has 4 N–H and O–H groups in total. The van der Waals surface area contributed by atoms with Crippen LogP contribution in [0.4, 0.5) is 0 Å². The Morgan fingerprint density at radius 3 is 2.36 bits per heavy atom. The van der Waals surface area contributed by atoms with Gasteiger partial charge in [-0.1, -0.05) is 32.0 Å². The van der Waals surface area contributed by atoms with Gasteiger partial charge in [0.15, 0.2) is 5.75 Å². The Kier molecular flexibility index (Phi) is 6.93. The zero-order valence-corrected chi connectivity index (χ0v) is 19.0. The molecule has 0 spiro atoms. The van der Waals surface area contributed by atoms with Gasteiger partial charge in [-0.3, -0.25) is 4.79 Å². The van der Waals surface area contributed by atoms with E-state index in [4.69, 9.17) is 9.84 Å². The van der Waals surface area contributed by atoms with Crippen molar-refractivity contribution in [2.75, 3.05) is 13.2 Å². The second-order valence-corrected chi connectivity index (χ2v) is 8.47. The molecular formula is C26H30N2O5. The van der Waals surface area contributed by atoms with Gasteiger partial charge in [-0.05, 0) is 65.6 Å². The number of H-pyrrole nitrogens is 1. The molecule has 7 nitrogen and oxygen atoms in total. The maximum atomic E-state index is 11.9. The van der Waals surface area contributed by atoms with Gasteiger partial charge in [0.1, 0.15) is 6.61 Å². The number of aliphatic hydroxyl groups excluding tert-OH is 2. The Hall–Kier alpha value is -3.00. The lowest BCUT2D eigenvalue weighted by atomic mass is 9.96. The van der Waals surface area contributed by atoms with E-state index in [0.29, 0.717) is 23.0 Å². The zero-order chi connectivity index (χ0) is 23.5. The normalized spacial score (nSPS) is 14.4. The second-order valence-electron chi connectivity index (χ2n) is 8.47. The highest BCUT2D eigenvalue weighted by atomic mass is 16.5. The summed E-state index contributed by atoms with van der Waals surface area (Å²) in [6.45, 7) is 3.95. The maximum Gasteiger partial charge on any atom is 0.337 e. The minimum absolute atomic E-state index is 0.135. The van der Waals surface area contributed by atoms with Crippen LogP contribution in [0.2, 0.25) is 0 Å². The summed E-state index contributed by atoms with van der Waals surface area (Å²) >= 11 is 0. The van der Waals surface area contributed by atoms with E-state index < -0.39 is 18.7 Å². The van der Waals surface area contributed by atoms with Crippen molar-refractivity contribution in [1.29, 1.82) is 0 Å². The van der Waals surface area contributed by atoms with E-state index in [1.54, 1.807) is 12.1 Å². The number of nitrogens with one attached hydrogen (secondary N) is 2. The minimum atomic E-state index is -0.824. The molecule has 1 heterocycles. The number of carbonyl (C=O) groups is 1. The summed E-state index contributed by atoms with van der Waals surface area (Å²) < 4.78 is 5.13. The van der Waals surface area contributed by atoms with Crippen molar-refractivity contribution in [3.63, 3.8) is 0 Å². The molecule has 174 valence electrons. The van der Waals surface area contributed by atoms with Gasteiger partial charge in [0.2, 0.25) is 5.56 Å². The average Bonchev–Trinajstić information content (AvgIpc) is 3.26. The van der Waals surface area contributed by atoms with Gasteiger partial charge >= 0.3 is 5.97 Å². The first-order valence-electron chi connectivity index (χ1n) is 11.5. The summed E-state index contributed by atoms with van der Waals surface area (Å²) in [4.78, 5) is 26.1. The third kappa shape index (κ3) is 4.71. The van der Waals surface area contributed by atoms with E-state index in [9.17, 15) is 14.7 Å². The van der Waals surface area contributed by atoms with Gasteiger partial charge in [-0.2, -0.15) is 0 Å². The molecule has 1 aromatic heterocycles. The number of esters is 1. The number of pyridine rings is 1. The summed E-state index contributed by atoms with van der Waals surface area (Å²) in [6.07, 6.45) is 3.10. The Morgan fingerprint density at radius 1 is 1.09 bits per heavy atom. The van der Waals surface area contributed by atoms with Gasteiger partial charge in [0.05, 0.1) is 11.6 Å². The molecule has 3 aromatic rings. The molecule has 1 unspecified atom stereocenters. The first-order valence-corrected chi connectivity index (χ1v) is 11.5. The minimum Gasteiger partial charge on any atom is -0.423 e. The highest BCUT2D eigenvalue weighted by Crippen LogP contribution is 2.32. The molecule has 4 rings (SSSR count). The highest BCUT2D eigenvalue weighted by molar-refractivity contribution is 5.90. The third-order valence-electron chi connectivity index (χ3n) is 6.49. The van der Waals surface area contributed by atoms with Gasteiger partial charge in [0.25, 0.3) is 0 Å². The van der Waals surface area contributed by atoms with E-state index >= 15 is 0 Å². The number of aryl methyl sites for hydroxylation is 2. The first kappa shape index (κ1) is 23.2. The Balaban J connectivity index is 1.53. The molecule has 0 saturated heterocycles. The molecular weight excluding hydrogens is 420 g/mol. The lowest BCUT2D eigenvalue weighted by Crippen LogP contribution is -2.33. The summed E-state index contributed by atoms with van der Waals surface area (Å²) in [5.41, 5.74) is 6.27. The molecule has 33 heavy (non-hydrogen) atoms. The SMILES string of the molecule is CCc1ccc(CC)c2c1CC(NCC(O)c1ccc(OC(=O)CO)c3[nH]c(=O)ccc13)C2. The monoisotopic (exact) mass is 450 g/mol. The summed E-state index contributed by atoms with van der Waals surface area (Å²) in [5.74, 6) is -0.689. The topological polar surface area (TPSA) is 112 Å². The van der Waals surface area contributed by atoms with Crippen molar-refractivity contribution in [1.82, 2.24) is 10.3 Å². The largest absolute Gasteiger partial charge is 0.423 e. The molecule has 0 amide bonds. The fourth-order valence-electron chi connectivity index (χ4n) is 4.84. The number of carbonyl (C=O) groups excluding carboxylic acids is 1. The number of ether oxygens (including phenoxy) is 1. The molecule has 1 aliphatic carbocycles. The maximum absolute atomic E-state index is 11.9. The average molecular weight is 451 g/mol. The fraction of sp³-hybridized carbons (Fsp3) is 0.385. The van der Waals surface area contributed by atoms with Crippen LogP contribution in [-0.4, -0.2) is 40.4 Å². The fourth-order valence-corrected chi connectivity index (χ4v) is 4.84. The number of hydrogen-bond acceptors (Lipinski definition) is 6. The van der Waals surface area contributed by atoms with Crippen LogP contribution in [0, 0.1) is 0 Å². The molecule has 7 heteroatoms. The van der Waals surface area contributed by atoms with Crippen molar-refractivity contribution in [2.24, 2.45) is 0 Å². The van der Waals surface area contributed by atoms with E-state index in [-0.39, 0.29) is 17.4 Å². The van der Waals surface area contributed by atoms with Gasteiger partial charge in [-0.15, -0.1) is 0 Å². The Labute approximate surface area is 192 Å². The molecule has 0 aliphatic heterocycles. The first-order chi connectivity index (χ1) is 15.9. The third-order valence-corrected chi connectivity index (χ3v) is 6.49. The molecule has 0 radical (unpaired) electrons. The number of hydrogen-bond donors (Lipinski definition) is 4. The Bertz CT molecular complexity index is 1200. The lowest BCUT2D eigenvalue weighted by Gasteiger charge is -2.19. The predicted octanol–water partition coefficient (Wildman–Crippen LogP) is 2.34. The van der Waals surface area contributed by atoms with E-state index in [0.717, 1.165) is 25.7 Å². The van der Waals surface area contributed by atoms with Crippen molar-refractivity contribution in [3.05, 3.63) is 74.6 Å². The van der Waals surface area contributed by atoms with E-state index in [1.807, 2.05) is 0 Å². The van der Waals surface area contributed by atoms with Gasteiger partial charge in [-0.25, -0.2) is 4.79 Å². The predicted molar refractivity (Wildman–Crippen MR) is 127 cm³/mol. The number of benzene rings is 2. The number of rotatable bonds is 8. The van der Waals surface area contributed by atoms with Gasteiger partial charge < -0.3 is 25.3 Å². The molecule has 0 fully saturated rings. The smallest absolute Gasteiger partial charge is 0.337 e. The summed E-state index contributed by atoms with van der Waals surface area (Å²) in [6, 6.07) is 10.9. The second kappa shape index (κ2) is 9.87. The van der Waals surface area contributed by atoms with Crippen molar-refractivity contribution >= 4 is 16.9 Å². The number of aromatic amines is 1. The quantitative estimate of drug-likeness (QED) is 0.310. The standard InChI is InChI=1S/C26H30N2O5/c1-3-15-5-6-16(4-2)21-12-17(11-20(15)21)27-13-22(30)18-7-9-23(33-25(32)14-29)26-19(18)8-10-24(31)28-26/h5-10,17,22,27,29-30H,3-4,11-14H2,1-2H3,(H,28,31). The number of aromatic nitrogens is 1. The van der Waals surface area contributed by atoms with Crippen LogP contribution in [-0.2, 0) is 30.5 Å². The number of fused-ring (bicyclic) bond motifs is 2. The zero-order valence-electron chi connectivity index (χ0n) is 19.0. The van der Waals surface area contributed by atoms with Crippen LogP contribution in [0.5, 0.6) is 5.75 Å². The summed E-state index contributed by atoms with van der Waals surface area (Å²) in [5, 5.41) is 24.1. The lowest BCUT2D eigenvalue weighted by molar-refractivity contribution is -0.137. The molecule has 2 aromatic carbocycles. The molecule has 1 atom stereocenters. The van der Waals surface area contributed by atoms with Crippen molar-refractivity contribution in [2.45, 2.75) is 51.7 Å². The van der Waals surface area contributed by atoms with Crippen molar-refractivity contribution in [3.8, 4) is 5.75 Å². The van der Waals surface area contributed by atoms with E-state index in [1.165, 1.54) is 34.4 Å². The molecule has 1 aliphatic rings. The van der Waals surface area contributed by atoms with Crippen molar-refractivity contribution < 1.29 is 19.7 Å². The number of aliphatic hydroxyl groups is 2. The van der Waals surface area contributed by atoms with Crippen LogP contribution in [0.1, 0.15) is 47.8 Å². The molecule has 0 bridgehead atoms. The van der Waals surface area contributed by atoms with Crippen LogP contribution in [0.25, 0.3) is 10.9 Å². The van der Waals surface area contributed by atoms with E-state index in [2.05, 4.69) is 36.3 Å². The Morgan fingerprint density at radius 2 is 1.76 bits per heavy atom. The highest BCUT2D eigenvalue weighted by Gasteiger charge is 2.26. The van der Waals surface area contributed by atoms with Crippen LogP contribution >= 0.6 is 0 Å².